The molecule has 2 N–H and O–H groups in total. The summed E-state index contributed by atoms with van der Waals surface area (Å²) in [5.74, 6) is -1.26. The Balaban J connectivity index is 1.78. The topological polar surface area (TPSA) is 118 Å². The molecule has 182 valence electrons. The average Bonchev–Trinajstić information content (AvgIpc) is 2.87. The van der Waals surface area contributed by atoms with E-state index in [1.807, 2.05) is 12.1 Å². The minimum atomic E-state index is -0.660. The fourth-order valence-electron chi connectivity index (χ4n) is 3.01. The van der Waals surface area contributed by atoms with Gasteiger partial charge in [-0.05, 0) is 70.5 Å². The quantitative estimate of drug-likeness (QED) is 0.195. The van der Waals surface area contributed by atoms with Gasteiger partial charge in [0.25, 0.3) is 11.8 Å². The first-order valence-corrected chi connectivity index (χ1v) is 12.0. The number of carbonyl (C=O) groups is 3. The molecule has 0 saturated carbocycles. The van der Waals surface area contributed by atoms with Crippen LogP contribution < -0.4 is 15.4 Å². The van der Waals surface area contributed by atoms with Gasteiger partial charge in [-0.1, -0.05) is 34.1 Å². The number of benzene rings is 3. The Labute approximate surface area is 224 Å². The van der Waals surface area contributed by atoms with Gasteiger partial charge in [-0.2, -0.15) is 5.26 Å². The first-order valence-electron chi connectivity index (χ1n) is 10.4. The fourth-order valence-corrected chi connectivity index (χ4v) is 4.38. The van der Waals surface area contributed by atoms with Gasteiger partial charge in [0.1, 0.15) is 17.4 Å². The highest BCUT2D eigenvalue weighted by atomic mass is 79.9. The molecule has 10 heteroatoms. The van der Waals surface area contributed by atoms with E-state index in [0.717, 1.165) is 0 Å². The number of para-hydroxylation sites is 1. The van der Waals surface area contributed by atoms with E-state index in [1.165, 1.54) is 37.5 Å². The minimum absolute atomic E-state index is 0.198. The lowest BCUT2D eigenvalue weighted by atomic mass is 10.1. The molecule has 0 aromatic heterocycles. The summed E-state index contributed by atoms with van der Waals surface area (Å²) < 4.78 is 11.6. The predicted octanol–water partition coefficient (Wildman–Crippen LogP) is 5.56. The standard InChI is InChI=1S/C26H19Br2N3O5/c1-35-26(34)16-7-9-21(10-8-16)31-25(33)18(14-29)11-17-12-19(27)13-22(28)24(17)36-15-23(32)30-20-5-3-2-4-6-20/h2-13H,15H2,1H3,(H,30,32)(H,31,33)/b18-11-. The molecule has 0 aliphatic carbocycles. The molecule has 8 nitrogen and oxygen atoms in total. The SMILES string of the molecule is COC(=O)c1ccc(NC(=O)/C(C#N)=C\c2cc(Br)cc(Br)c2OCC(=O)Nc2ccccc2)cc1. The number of amides is 2. The molecule has 0 aliphatic rings. The van der Waals surface area contributed by atoms with Gasteiger partial charge in [-0.3, -0.25) is 9.59 Å². The summed E-state index contributed by atoms with van der Waals surface area (Å²) in [6, 6.07) is 20.2. The molecule has 0 radical (unpaired) electrons. The average molecular weight is 613 g/mol. The van der Waals surface area contributed by atoms with Crippen molar-refractivity contribution in [3.05, 3.63) is 92.4 Å². The van der Waals surface area contributed by atoms with Gasteiger partial charge in [-0.15, -0.1) is 0 Å². The summed E-state index contributed by atoms with van der Waals surface area (Å²) in [5.41, 5.74) is 1.54. The summed E-state index contributed by atoms with van der Waals surface area (Å²) in [6.45, 7) is -0.295. The third-order valence-electron chi connectivity index (χ3n) is 4.67. The maximum absolute atomic E-state index is 12.8. The molecule has 0 bridgehead atoms. The van der Waals surface area contributed by atoms with Gasteiger partial charge in [0.15, 0.2) is 6.61 Å². The smallest absolute Gasteiger partial charge is 0.337 e. The molecule has 3 rings (SSSR count). The highest BCUT2D eigenvalue weighted by Crippen LogP contribution is 2.34. The monoisotopic (exact) mass is 611 g/mol. The van der Waals surface area contributed by atoms with Gasteiger partial charge < -0.3 is 20.1 Å². The fraction of sp³-hybridized carbons (Fsp3) is 0.0769. The first kappa shape index (κ1) is 26.7. The summed E-state index contributed by atoms with van der Waals surface area (Å²) in [6.07, 6.45) is 1.36. The van der Waals surface area contributed by atoms with E-state index < -0.39 is 11.9 Å². The molecule has 0 atom stereocenters. The molecule has 0 spiro atoms. The Morgan fingerprint density at radius 3 is 2.28 bits per heavy atom. The number of carbonyl (C=O) groups excluding carboxylic acids is 3. The number of hydrogen-bond acceptors (Lipinski definition) is 6. The second-order valence-electron chi connectivity index (χ2n) is 7.20. The van der Waals surface area contributed by atoms with Crippen molar-refractivity contribution in [1.29, 1.82) is 5.26 Å². The highest BCUT2D eigenvalue weighted by Gasteiger charge is 2.16. The van der Waals surface area contributed by atoms with E-state index in [4.69, 9.17) is 4.74 Å². The number of halogens is 2. The molecule has 0 aliphatic heterocycles. The molecular formula is C26H19Br2N3O5. The van der Waals surface area contributed by atoms with Crippen molar-refractivity contribution >= 4 is 67.1 Å². The summed E-state index contributed by atoms with van der Waals surface area (Å²) in [5, 5.41) is 15.0. The van der Waals surface area contributed by atoms with Crippen LogP contribution in [0.2, 0.25) is 0 Å². The highest BCUT2D eigenvalue weighted by molar-refractivity contribution is 9.11. The minimum Gasteiger partial charge on any atom is -0.482 e. The van der Waals surface area contributed by atoms with Crippen molar-refractivity contribution in [2.75, 3.05) is 24.4 Å². The van der Waals surface area contributed by atoms with E-state index in [1.54, 1.807) is 36.4 Å². The van der Waals surface area contributed by atoms with Crippen LogP contribution in [0.4, 0.5) is 11.4 Å². The number of methoxy groups -OCH3 is 1. The Morgan fingerprint density at radius 2 is 1.64 bits per heavy atom. The van der Waals surface area contributed by atoms with E-state index in [-0.39, 0.29) is 23.8 Å². The van der Waals surface area contributed by atoms with Crippen LogP contribution in [-0.4, -0.2) is 31.5 Å². The van der Waals surface area contributed by atoms with Crippen LogP contribution in [0.5, 0.6) is 5.75 Å². The Kier molecular flexibility index (Phi) is 9.39. The van der Waals surface area contributed by atoms with Crippen LogP contribution in [0.1, 0.15) is 15.9 Å². The first-order chi connectivity index (χ1) is 17.3. The molecule has 0 unspecified atom stereocenters. The lowest BCUT2D eigenvalue weighted by molar-refractivity contribution is -0.118. The molecular weight excluding hydrogens is 594 g/mol. The molecule has 0 fully saturated rings. The predicted molar refractivity (Wildman–Crippen MR) is 142 cm³/mol. The molecule has 2 amide bonds. The lowest BCUT2D eigenvalue weighted by Crippen LogP contribution is -2.20. The maximum atomic E-state index is 12.8. The Hall–Kier alpha value is -3.94. The van der Waals surface area contributed by atoms with Crippen molar-refractivity contribution < 1.29 is 23.9 Å². The second-order valence-corrected chi connectivity index (χ2v) is 8.97. The number of anilines is 2. The summed E-state index contributed by atoms with van der Waals surface area (Å²) in [7, 11) is 1.27. The molecule has 0 heterocycles. The zero-order valence-electron chi connectivity index (χ0n) is 18.9. The summed E-state index contributed by atoms with van der Waals surface area (Å²) in [4.78, 5) is 36.7. The van der Waals surface area contributed by atoms with E-state index in [9.17, 15) is 19.6 Å². The molecule has 3 aromatic rings. The van der Waals surface area contributed by atoms with Gasteiger partial charge >= 0.3 is 5.97 Å². The van der Waals surface area contributed by atoms with E-state index >= 15 is 0 Å². The third kappa shape index (κ3) is 7.28. The van der Waals surface area contributed by atoms with Crippen LogP contribution in [0.3, 0.4) is 0 Å². The van der Waals surface area contributed by atoms with E-state index in [0.29, 0.717) is 31.4 Å². The number of nitriles is 1. The number of rotatable bonds is 8. The molecule has 0 saturated heterocycles. The Bertz CT molecular complexity index is 1350. The number of hydrogen-bond donors (Lipinski definition) is 2. The van der Waals surface area contributed by atoms with Crippen molar-refractivity contribution in [2.45, 2.75) is 0 Å². The lowest BCUT2D eigenvalue weighted by Gasteiger charge is -2.13. The number of nitrogens with one attached hydrogen (secondary N) is 2. The summed E-state index contributed by atoms with van der Waals surface area (Å²) >= 11 is 6.79. The van der Waals surface area contributed by atoms with Crippen molar-refractivity contribution in [3.8, 4) is 11.8 Å². The third-order valence-corrected chi connectivity index (χ3v) is 5.72. The van der Waals surface area contributed by atoms with Crippen molar-refractivity contribution in [1.82, 2.24) is 0 Å². The van der Waals surface area contributed by atoms with Gasteiger partial charge in [0.05, 0.1) is 17.1 Å². The molecule has 36 heavy (non-hydrogen) atoms. The van der Waals surface area contributed by atoms with Crippen LogP contribution >= 0.6 is 31.9 Å². The van der Waals surface area contributed by atoms with Crippen LogP contribution in [0.25, 0.3) is 6.08 Å². The normalized spacial score (nSPS) is 10.7. The van der Waals surface area contributed by atoms with Gasteiger partial charge in [0, 0.05) is 21.4 Å². The zero-order chi connectivity index (χ0) is 26.1. The Morgan fingerprint density at radius 1 is 0.972 bits per heavy atom. The largest absolute Gasteiger partial charge is 0.482 e. The molecule has 3 aromatic carbocycles. The van der Waals surface area contributed by atoms with Crippen LogP contribution in [-0.2, 0) is 14.3 Å². The van der Waals surface area contributed by atoms with Crippen molar-refractivity contribution in [2.24, 2.45) is 0 Å². The van der Waals surface area contributed by atoms with E-state index in [2.05, 4.69) is 47.2 Å². The zero-order valence-corrected chi connectivity index (χ0v) is 22.1. The number of esters is 1. The second kappa shape index (κ2) is 12.7. The van der Waals surface area contributed by atoms with Gasteiger partial charge in [-0.25, -0.2) is 4.79 Å². The number of nitrogens with zero attached hydrogens (tertiary/aromatic N) is 1. The number of ether oxygens (including phenoxy) is 2. The maximum Gasteiger partial charge on any atom is 0.337 e. The van der Waals surface area contributed by atoms with Crippen molar-refractivity contribution in [3.63, 3.8) is 0 Å². The van der Waals surface area contributed by atoms with Crippen LogP contribution in [0.15, 0.2) is 81.2 Å². The van der Waals surface area contributed by atoms with Crippen LogP contribution in [0, 0.1) is 11.3 Å². The van der Waals surface area contributed by atoms with Gasteiger partial charge in [0.2, 0.25) is 0 Å².